The molecule has 0 radical (unpaired) electrons. The summed E-state index contributed by atoms with van der Waals surface area (Å²) in [6.45, 7) is 3.84. The van der Waals surface area contributed by atoms with Gasteiger partial charge >= 0.3 is 0 Å². The van der Waals surface area contributed by atoms with Gasteiger partial charge in [-0.1, -0.05) is 25.5 Å². The molecule has 0 fully saturated rings. The third kappa shape index (κ3) is 3.42. The van der Waals surface area contributed by atoms with Crippen LogP contribution in [0, 0.1) is 6.92 Å². The van der Waals surface area contributed by atoms with Crippen LogP contribution in [0.5, 0.6) is 0 Å². The van der Waals surface area contributed by atoms with E-state index in [1.54, 1.807) is 0 Å². The van der Waals surface area contributed by atoms with Crippen molar-refractivity contribution in [3.05, 3.63) is 30.1 Å². The van der Waals surface area contributed by atoms with Gasteiger partial charge in [-0.2, -0.15) is 5.10 Å². The predicted octanol–water partition coefficient (Wildman–Crippen LogP) is 1.85. The number of benzene rings is 1. The summed E-state index contributed by atoms with van der Waals surface area (Å²) in [6.07, 6.45) is 1.55. The monoisotopic (exact) mass is 273 g/mol. The molecule has 0 saturated carbocycles. The molecule has 1 atom stereocenters. The lowest BCUT2D eigenvalue weighted by Gasteiger charge is -2.11. The summed E-state index contributed by atoms with van der Waals surface area (Å²) in [4.78, 5) is 16.1. The molecule has 0 aliphatic heterocycles. The van der Waals surface area contributed by atoms with Gasteiger partial charge in [-0.05, 0) is 25.5 Å². The molecular weight excluding hydrogens is 254 g/mol. The van der Waals surface area contributed by atoms with Crippen LogP contribution in [0.15, 0.2) is 24.3 Å². The summed E-state index contributed by atoms with van der Waals surface area (Å²) in [5.74, 6) is 1.19. The maximum absolute atomic E-state index is 11.9. The first kappa shape index (κ1) is 14.2. The van der Waals surface area contributed by atoms with Crippen molar-refractivity contribution < 1.29 is 4.79 Å². The predicted molar refractivity (Wildman–Crippen MR) is 78.1 cm³/mol. The summed E-state index contributed by atoms with van der Waals surface area (Å²) in [6, 6.07) is 6.92. The Balaban J connectivity index is 2.12. The Kier molecular flexibility index (Phi) is 4.47. The van der Waals surface area contributed by atoms with E-state index in [-0.39, 0.29) is 5.91 Å². The van der Waals surface area contributed by atoms with E-state index in [9.17, 15) is 4.79 Å². The van der Waals surface area contributed by atoms with Gasteiger partial charge < -0.3 is 11.1 Å². The summed E-state index contributed by atoms with van der Waals surface area (Å²) in [5, 5.41) is 9.70. The second-order valence-corrected chi connectivity index (χ2v) is 4.71. The van der Waals surface area contributed by atoms with Gasteiger partial charge in [0.25, 0.3) is 0 Å². The van der Waals surface area contributed by atoms with Crippen LogP contribution in [-0.2, 0) is 4.79 Å². The zero-order valence-electron chi connectivity index (χ0n) is 11.7. The SMILES string of the molecule is CCC[C@@H](N)C(=O)Nc1cccc(-c2n[nH]c(C)n2)c1. The van der Waals surface area contributed by atoms with Crippen molar-refractivity contribution in [1.29, 1.82) is 0 Å². The number of hydrogen-bond acceptors (Lipinski definition) is 4. The summed E-state index contributed by atoms with van der Waals surface area (Å²) >= 11 is 0. The minimum atomic E-state index is -0.477. The molecule has 1 aromatic carbocycles. The Morgan fingerprint density at radius 3 is 2.95 bits per heavy atom. The quantitative estimate of drug-likeness (QED) is 0.774. The number of amides is 1. The molecule has 4 N–H and O–H groups in total. The van der Waals surface area contributed by atoms with E-state index in [1.807, 2.05) is 38.1 Å². The minimum absolute atomic E-state index is 0.171. The van der Waals surface area contributed by atoms with Crippen molar-refractivity contribution in [1.82, 2.24) is 15.2 Å². The Hall–Kier alpha value is -2.21. The molecule has 6 heteroatoms. The first-order valence-corrected chi connectivity index (χ1v) is 6.66. The van der Waals surface area contributed by atoms with Gasteiger partial charge in [0.15, 0.2) is 5.82 Å². The van der Waals surface area contributed by atoms with E-state index in [1.165, 1.54) is 0 Å². The molecule has 1 amide bonds. The summed E-state index contributed by atoms with van der Waals surface area (Å²) in [5.41, 5.74) is 7.33. The molecule has 0 bridgehead atoms. The number of hydrogen-bond donors (Lipinski definition) is 3. The number of aromatic amines is 1. The van der Waals surface area contributed by atoms with Gasteiger partial charge in [0.1, 0.15) is 5.82 Å². The fraction of sp³-hybridized carbons (Fsp3) is 0.357. The first-order valence-electron chi connectivity index (χ1n) is 6.66. The van der Waals surface area contributed by atoms with E-state index < -0.39 is 6.04 Å². The number of carbonyl (C=O) groups excluding carboxylic acids is 1. The fourth-order valence-electron chi connectivity index (χ4n) is 1.88. The lowest BCUT2D eigenvalue weighted by Crippen LogP contribution is -2.35. The number of nitrogens with one attached hydrogen (secondary N) is 2. The average Bonchev–Trinajstić information content (AvgIpc) is 2.86. The van der Waals surface area contributed by atoms with E-state index in [4.69, 9.17) is 5.73 Å². The smallest absolute Gasteiger partial charge is 0.241 e. The Bertz CT molecular complexity index is 593. The van der Waals surface area contributed by atoms with Crippen LogP contribution >= 0.6 is 0 Å². The van der Waals surface area contributed by atoms with Gasteiger partial charge in [-0.25, -0.2) is 4.98 Å². The largest absolute Gasteiger partial charge is 0.325 e. The molecule has 1 heterocycles. The third-order valence-corrected chi connectivity index (χ3v) is 2.92. The van der Waals surface area contributed by atoms with Gasteiger partial charge in [0.05, 0.1) is 6.04 Å². The van der Waals surface area contributed by atoms with Crippen LogP contribution in [0.4, 0.5) is 5.69 Å². The number of carbonyl (C=O) groups is 1. The van der Waals surface area contributed by atoms with Crippen LogP contribution < -0.4 is 11.1 Å². The Labute approximate surface area is 117 Å². The molecule has 0 saturated heterocycles. The van der Waals surface area contributed by atoms with Crippen molar-refractivity contribution in [2.24, 2.45) is 5.73 Å². The molecule has 106 valence electrons. The number of H-pyrrole nitrogens is 1. The van der Waals surface area contributed by atoms with Crippen LogP contribution in [0.1, 0.15) is 25.6 Å². The molecule has 1 aromatic heterocycles. The number of aryl methyl sites for hydroxylation is 1. The lowest BCUT2D eigenvalue weighted by atomic mass is 10.1. The number of nitrogens with two attached hydrogens (primary N) is 1. The van der Waals surface area contributed by atoms with E-state index in [0.717, 1.165) is 17.8 Å². The van der Waals surface area contributed by atoms with Crippen molar-refractivity contribution >= 4 is 11.6 Å². The van der Waals surface area contributed by atoms with Gasteiger partial charge in [0.2, 0.25) is 5.91 Å². The maximum atomic E-state index is 11.9. The molecule has 20 heavy (non-hydrogen) atoms. The topological polar surface area (TPSA) is 96.7 Å². The highest BCUT2D eigenvalue weighted by molar-refractivity contribution is 5.95. The normalized spacial score (nSPS) is 12.2. The Morgan fingerprint density at radius 2 is 2.30 bits per heavy atom. The molecule has 2 rings (SSSR count). The van der Waals surface area contributed by atoms with Gasteiger partial charge in [-0.15, -0.1) is 0 Å². The summed E-state index contributed by atoms with van der Waals surface area (Å²) in [7, 11) is 0. The van der Waals surface area contributed by atoms with Gasteiger partial charge in [-0.3, -0.25) is 9.89 Å². The van der Waals surface area contributed by atoms with E-state index >= 15 is 0 Å². The van der Waals surface area contributed by atoms with Crippen molar-refractivity contribution in [2.75, 3.05) is 5.32 Å². The van der Waals surface area contributed by atoms with E-state index in [0.29, 0.717) is 17.9 Å². The highest BCUT2D eigenvalue weighted by Crippen LogP contribution is 2.19. The maximum Gasteiger partial charge on any atom is 0.241 e. The molecule has 6 nitrogen and oxygen atoms in total. The molecule has 0 aliphatic rings. The van der Waals surface area contributed by atoms with Crippen molar-refractivity contribution in [3.8, 4) is 11.4 Å². The van der Waals surface area contributed by atoms with Gasteiger partial charge in [0, 0.05) is 11.3 Å². The molecule has 2 aromatic rings. The molecule has 0 spiro atoms. The number of anilines is 1. The second-order valence-electron chi connectivity index (χ2n) is 4.71. The standard InChI is InChI=1S/C14H19N5O/c1-3-5-12(15)14(20)17-11-7-4-6-10(8-11)13-16-9(2)18-19-13/h4,6-8,12H,3,5,15H2,1-2H3,(H,17,20)(H,16,18,19)/t12-/m1/s1. The second kappa shape index (κ2) is 6.29. The molecular formula is C14H19N5O. The fourth-order valence-corrected chi connectivity index (χ4v) is 1.88. The average molecular weight is 273 g/mol. The Morgan fingerprint density at radius 1 is 1.50 bits per heavy atom. The van der Waals surface area contributed by atoms with Crippen LogP contribution in [-0.4, -0.2) is 27.1 Å². The highest BCUT2D eigenvalue weighted by atomic mass is 16.2. The van der Waals surface area contributed by atoms with Crippen LogP contribution in [0.2, 0.25) is 0 Å². The number of aromatic nitrogens is 3. The van der Waals surface area contributed by atoms with Crippen LogP contribution in [0.3, 0.4) is 0 Å². The minimum Gasteiger partial charge on any atom is -0.325 e. The first-order chi connectivity index (χ1) is 9.60. The van der Waals surface area contributed by atoms with E-state index in [2.05, 4.69) is 20.5 Å². The zero-order chi connectivity index (χ0) is 14.5. The molecule has 0 aliphatic carbocycles. The number of rotatable bonds is 5. The zero-order valence-corrected chi connectivity index (χ0v) is 11.7. The third-order valence-electron chi connectivity index (χ3n) is 2.92. The number of nitrogens with zero attached hydrogens (tertiary/aromatic N) is 2. The molecule has 0 unspecified atom stereocenters. The van der Waals surface area contributed by atoms with Crippen molar-refractivity contribution in [3.63, 3.8) is 0 Å². The van der Waals surface area contributed by atoms with Crippen molar-refractivity contribution in [2.45, 2.75) is 32.7 Å². The van der Waals surface area contributed by atoms with Crippen LogP contribution in [0.25, 0.3) is 11.4 Å². The lowest BCUT2D eigenvalue weighted by molar-refractivity contribution is -0.117. The highest BCUT2D eigenvalue weighted by Gasteiger charge is 2.13. The summed E-state index contributed by atoms with van der Waals surface area (Å²) < 4.78 is 0.